The molecule has 0 unspecified atom stereocenters. The average molecular weight is 393 g/mol. The van der Waals surface area contributed by atoms with Crippen LogP contribution in [0.3, 0.4) is 0 Å². The first-order valence-electron chi connectivity index (χ1n) is 9.66. The standard InChI is InChI=1S/C24H19N5O/c1-2-6-20(7-3-1)30-21-10-8-19(9-11-21)22-17-27-29-14-12-23(28-24(22)29)26-16-18-5-4-13-25-15-18/h1-15,17H,16H2,(H,26,28). The van der Waals surface area contributed by atoms with Crippen LogP contribution in [0, 0.1) is 0 Å². The highest BCUT2D eigenvalue weighted by Gasteiger charge is 2.09. The lowest BCUT2D eigenvalue weighted by Crippen LogP contribution is -2.03. The maximum absolute atomic E-state index is 5.88. The third-order valence-corrected chi connectivity index (χ3v) is 4.71. The quantitative estimate of drug-likeness (QED) is 0.430. The fraction of sp³-hybridized carbons (Fsp3) is 0.0417. The van der Waals surface area contributed by atoms with Crippen LogP contribution in [0.25, 0.3) is 16.8 Å². The minimum atomic E-state index is 0.659. The molecule has 2 aromatic carbocycles. The van der Waals surface area contributed by atoms with E-state index >= 15 is 0 Å². The molecule has 0 aliphatic heterocycles. The topological polar surface area (TPSA) is 64.3 Å². The van der Waals surface area contributed by atoms with Crippen LogP contribution in [0.1, 0.15) is 5.56 Å². The third kappa shape index (κ3) is 3.84. The number of para-hydroxylation sites is 1. The van der Waals surface area contributed by atoms with E-state index in [1.165, 1.54) is 0 Å². The summed E-state index contributed by atoms with van der Waals surface area (Å²) < 4.78 is 7.66. The molecule has 146 valence electrons. The van der Waals surface area contributed by atoms with E-state index in [0.717, 1.165) is 39.7 Å². The molecular formula is C24H19N5O. The van der Waals surface area contributed by atoms with E-state index < -0.39 is 0 Å². The molecule has 3 aromatic heterocycles. The van der Waals surface area contributed by atoms with Crippen LogP contribution < -0.4 is 10.1 Å². The summed E-state index contributed by atoms with van der Waals surface area (Å²) >= 11 is 0. The van der Waals surface area contributed by atoms with Crippen molar-refractivity contribution in [3.05, 3.63) is 103 Å². The van der Waals surface area contributed by atoms with Crippen molar-refractivity contribution in [2.24, 2.45) is 0 Å². The Morgan fingerprint density at radius 2 is 1.67 bits per heavy atom. The Labute approximate surface area is 173 Å². The van der Waals surface area contributed by atoms with Crippen LogP contribution in [0.4, 0.5) is 5.82 Å². The van der Waals surface area contributed by atoms with Crippen LogP contribution in [-0.4, -0.2) is 19.6 Å². The van der Waals surface area contributed by atoms with Crippen molar-refractivity contribution in [2.75, 3.05) is 5.32 Å². The number of nitrogens with one attached hydrogen (secondary N) is 1. The zero-order valence-corrected chi connectivity index (χ0v) is 16.1. The first kappa shape index (κ1) is 17.9. The Hall–Kier alpha value is -4.19. The molecule has 3 heterocycles. The zero-order valence-electron chi connectivity index (χ0n) is 16.1. The number of anilines is 1. The summed E-state index contributed by atoms with van der Waals surface area (Å²) in [5, 5.41) is 7.78. The molecule has 5 aromatic rings. The van der Waals surface area contributed by atoms with Gasteiger partial charge in [0.25, 0.3) is 0 Å². The van der Waals surface area contributed by atoms with Gasteiger partial charge in [0, 0.05) is 30.7 Å². The summed E-state index contributed by atoms with van der Waals surface area (Å²) in [6, 6.07) is 23.6. The van der Waals surface area contributed by atoms with E-state index in [0.29, 0.717) is 6.54 Å². The van der Waals surface area contributed by atoms with Crippen LogP contribution >= 0.6 is 0 Å². The fourth-order valence-electron chi connectivity index (χ4n) is 3.19. The number of aromatic nitrogens is 4. The third-order valence-electron chi connectivity index (χ3n) is 4.71. The molecule has 0 fully saturated rings. The summed E-state index contributed by atoms with van der Waals surface area (Å²) in [6.07, 6.45) is 7.35. The normalized spacial score (nSPS) is 10.8. The van der Waals surface area contributed by atoms with Crippen molar-refractivity contribution in [3.63, 3.8) is 0 Å². The smallest absolute Gasteiger partial charge is 0.165 e. The molecule has 0 amide bonds. The molecular weight excluding hydrogens is 374 g/mol. The molecule has 30 heavy (non-hydrogen) atoms. The monoisotopic (exact) mass is 393 g/mol. The van der Waals surface area contributed by atoms with Gasteiger partial charge in [0.2, 0.25) is 0 Å². The second-order valence-electron chi connectivity index (χ2n) is 6.79. The minimum Gasteiger partial charge on any atom is -0.457 e. The highest BCUT2D eigenvalue weighted by Crippen LogP contribution is 2.28. The molecule has 0 bridgehead atoms. The molecule has 0 atom stereocenters. The van der Waals surface area contributed by atoms with Gasteiger partial charge in [-0.3, -0.25) is 4.98 Å². The number of rotatable bonds is 6. The minimum absolute atomic E-state index is 0.659. The van der Waals surface area contributed by atoms with E-state index in [1.54, 1.807) is 10.7 Å². The maximum atomic E-state index is 5.88. The Bertz CT molecular complexity index is 1250. The van der Waals surface area contributed by atoms with E-state index in [9.17, 15) is 0 Å². The molecule has 0 radical (unpaired) electrons. The molecule has 0 aliphatic carbocycles. The zero-order chi connectivity index (χ0) is 20.2. The van der Waals surface area contributed by atoms with Gasteiger partial charge >= 0.3 is 0 Å². The lowest BCUT2D eigenvalue weighted by atomic mass is 10.1. The largest absolute Gasteiger partial charge is 0.457 e. The number of pyridine rings is 1. The van der Waals surface area contributed by atoms with E-state index in [-0.39, 0.29) is 0 Å². The van der Waals surface area contributed by atoms with Crippen molar-refractivity contribution in [1.29, 1.82) is 0 Å². The Morgan fingerprint density at radius 3 is 2.47 bits per heavy atom. The van der Waals surface area contributed by atoms with Crippen LogP contribution in [0.15, 0.2) is 97.6 Å². The Balaban J connectivity index is 1.37. The molecule has 5 rings (SSSR count). The lowest BCUT2D eigenvalue weighted by molar-refractivity contribution is 0.483. The Morgan fingerprint density at radius 1 is 0.833 bits per heavy atom. The van der Waals surface area contributed by atoms with Gasteiger partial charge < -0.3 is 10.1 Å². The number of fused-ring (bicyclic) bond motifs is 1. The molecule has 0 saturated heterocycles. The second kappa shape index (κ2) is 8.05. The van der Waals surface area contributed by atoms with Gasteiger partial charge in [0.15, 0.2) is 5.65 Å². The van der Waals surface area contributed by atoms with Crippen molar-refractivity contribution in [3.8, 4) is 22.6 Å². The van der Waals surface area contributed by atoms with Gasteiger partial charge in [-0.25, -0.2) is 9.50 Å². The number of hydrogen-bond donors (Lipinski definition) is 1. The van der Waals surface area contributed by atoms with Crippen LogP contribution in [0.5, 0.6) is 11.5 Å². The van der Waals surface area contributed by atoms with Crippen molar-refractivity contribution in [2.45, 2.75) is 6.54 Å². The number of nitrogens with zero attached hydrogens (tertiary/aromatic N) is 4. The molecule has 6 heteroatoms. The van der Waals surface area contributed by atoms with Crippen molar-refractivity contribution < 1.29 is 4.74 Å². The average Bonchev–Trinajstić information content (AvgIpc) is 3.23. The fourth-order valence-corrected chi connectivity index (χ4v) is 3.19. The van der Waals surface area contributed by atoms with Gasteiger partial charge in [-0.15, -0.1) is 0 Å². The van der Waals surface area contributed by atoms with Gasteiger partial charge in [-0.2, -0.15) is 5.10 Å². The summed E-state index contributed by atoms with van der Waals surface area (Å²) in [7, 11) is 0. The lowest BCUT2D eigenvalue weighted by Gasteiger charge is -2.07. The summed E-state index contributed by atoms with van der Waals surface area (Å²) in [4.78, 5) is 8.90. The summed E-state index contributed by atoms with van der Waals surface area (Å²) in [5.41, 5.74) is 3.89. The van der Waals surface area contributed by atoms with Crippen molar-refractivity contribution >= 4 is 11.5 Å². The highest BCUT2D eigenvalue weighted by molar-refractivity contribution is 5.78. The SMILES string of the molecule is c1ccc(Oc2ccc(-c3cnn4ccc(NCc5cccnc5)nc34)cc2)cc1. The molecule has 0 aliphatic rings. The van der Waals surface area contributed by atoms with Gasteiger partial charge in [0.05, 0.1) is 6.20 Å². The van der Waals surface area contributed by atoms with Crippen LogP contribution in [-0.2, 0) is 6.54 Å². The second-order valence-corrected chi connectivity index (χ2v) is 6.79. The predicted molar refractivity (Wildman–Crippen MR) is 117 cm³/mol. The van der Waals surface area contributed by atoms with Gasteiger partial charge in [-0.05, 0) is 47.5 Å². The summed E-state index contributed by atoms with van der Waals surface area (Å²) in [5.74, 6) is 2.39. The number of benzene rings is 2. The molecule has 0 saturated carbocycles. The number of hydrogen-bond acceptors (Lipinski definition) is 5. The molecule has 0 spiro atoms. The van der Waals surface area contributed by atoms with Gasteiger partial charge in [-0.1, -0.05) is 36.4 Å². The first-order chi connectivity index (χ1) is 14.8. The first-order valence-corrected chi connectivity index (χ1v) is 9.66. The highest BCUT2D eigenvalue weighted by atomic mass is 16.5. The summed E-state index contributed by atoms with van der Waals surface area (Å²) in [6.45, 7) is 0.659. The van der Waals surface area contributed by atoms with E-state index in [4.69, 9.17) is 9.72 Å². The van der Waals surface area contributed by atoms with Crippen LogP contribution in [0.2, 0.25) is 0 Å². The van der Waals surface area contributed by atoms with E-state index in [1.807, 2.05) is 91.4 Å². The van der Waals surface area contributed by atoms with E-state index in [2.05, 4.69) is 15.4 Å². The Kier molecular flexibility index (Phi) is 4.79. The molecule has 1 N–H and O–H groups in total. The van der Waals surface area contributed by atoms with Crippen molar-refractivity contribution in [1.82, 2.24) is 19.6 Å². The van der Waals surface area contributed by atoms with Gasteiger partial charge in [0.1, 0.15) is 17.3 Å². The predicted octanol–water partition coefficient (Wildman–Crippen LogP) is 5.20. The number of ether oxygens (including phenoxy) is 1. The maximum Gasteiger partial charge on any atom is 0.165 e. The molecule has 6 nitrogen and oxygen atoms in total.